The molecule has 0 N–H and O–H groups in total. The van der Waals surface area contributed by atoms with E-state index < -0.39 is 0 Å². The van der Waals surface area contributed by atoms with Gasteiger partial charge in [-0.1, -0.05) is 0 Å². The zero-order valence-electron chi connectivity index (χ0n) is 9.07. The molecule has 14 heavy (non-hydrogen) atoms. The Morgan fingerprint density at radius 1 is 1.29 bits per heavy atom. The van der Waals surface area contributed by atoms with Gasteiger partial charge in [-0.3, -0.25) is 4.90 Å². The highest BCUT2D eigenvalue weighted by Crippen LogP contribution is 2.21. The highest BCUT2D eigenvalue weighted by molar-refractivity contribution is 5.74. The summed E-state index contributed by atoms with van der Waals surface area (Å²) in [6.07, 6.45) is 2.56. The molecule has 2 aliphatic heterocycles. The van der Waals surface area contributed by atoms with Gasteiger partial charge >= 0.3 is 6.03 Å². The van der Waals surface area contributed by atoms with Gasteiger partial charge in [0.25, 0.3) is 0 Å². The quantitative estimate of drug-likeness (QED) is 0.563. The van der Waals surface area contributed by atoms with Crippen molar-refractivity contribution in [3.8, 4) is 0 Å². The van der Waals surface area contributed by atoms with Crippen LogP contribution in [-0.4, -0.2) is 67.0 Å². The summed E-state index contributed by atoms with van der Waals surface area (Å²) in [6, 6.07) is 0.796. The summed E-state index contributed by atoms with van der Waals surface area (Å²) in [6.45, 7) is 4.11. The Hall–Kier alpha value is -0.770. The number of carbonyl (C=O) groups is 1. The van der Waals surface area contributed by atoms with Gasteiger partial charge in [0.15, 0.2) is 0 Å². The molecule has 2 amide bonds. The summed E-state index contributed by atoms with van der Waals surface area (Å²) in [5.74, 6) is 0. The number of hydrogen-bond acceptors (Lipinski definition) is 2. The lowest BCUT2D eigenvalue weighted by atomic mass is 10.2. The predicted molar refractivity (Wildman–Crippen MR) is 55.3 cm³/mol. The third-order valence-electron chi connectivity index (χ3n) is 3.24. The van der Waals surface area contributed by atoms with Crippen LogP contribution in [0.4, 0.5) is 4.79 Å². The number of hydrogen-bond donors (Lipinski definition) is 0. The van der Waals surface area contributed by atoms with Crippen LogP contribution in [0, 0.1) is 0 Å². The van der Waals surface area contributed by atoms with Crippen molar-refractivity contribution in [3.63, 3.8) is 0 Å². The molecule has 0 saturated carbocycles. The number of nitrogens with zero attached hydrogens (tertiary/aromatic N) is 3. The topological polar surface area (TPSA) is 26.8 Å². The molecule has 1 atom stereocenters. The van der Waals surface area contributed by atoms with Gasteiger partial charge in [-0.15, -0.1) is 0 Å². The molecule has 0 aliphatic carbocycles. The van der Waals surface area contributed by atoms with Crippen LogP contribution in [0.15, 0.2) is 0 Å². The van der Waals surface area contributed by atoms with E-state index in [0.29, 0.717) is 6.04 Å². The van der Waals surface area contributed by atoms with E-state index in [2.05, 4.69) is 4.90 Å². The van der Waals surface area contributed by atoms with Gasteiger partial charge in [-0.25, -0.2) is 4.79 Å². The molecule has 0 radical (unpaired) electrons. The molecule has 0 aromatic carbocycles. The van der Waals surface area contributed by atoms with Gasteiger partial charge in [-0.2, -0.15) is 0 Å². The van der Waals surface area contributed by atoms with Crippen molar-refractivity contribution in [2.45, 2.75) is 18.9 Å². The largest absolute Gasteiger partial charge is 0.331 e. The molecule has 1 unspecified atom stereocenters. The summed E-state index contributed by atoms with van der Waals surface area (Å²) in [7, 11) is 3.65. The van der Waals surface area contributed by atoms with E-state index in [1.807, 2.05) is 19.0 Å². The molecule has 80 valence electrons. The summed E-state index contributed by atoms with van der Waals surface area (Å²) < 4.78 is 0. The van der Waals surface area contributed by atoms with Gasteiger partial charge in [-0.05, 0) is 19.4 Å². The Kier molecular flexibility index (Phi) is 2.63. The second-order valence-corrected chi connectivity index (χ2v) is 4.46. The highest BCUT2D eigenvalue weighted by Gasteiger charge is 2.32. The van der Waals surface area contributed by atoms with Crippen molar-refractivity contribution in [3.05, 3.63) is 0 Å². The molecule has 0 bridgehead atoms. The first-order chi connectivity index (χ1) is 6.68. The van der Waals surface area contributed by atoms with E-state index in [-0.39, 0.29) is 6.03 Å². The van der Waals surface area contributed by atoms with Crippen molar-refractivity contribution >= 4 is 6.03 Å². The van der Waals surface area contributed by atoms with Crippen LogP contribution in [-0.2, 0) is 0 Å². The van der Waals surface area contributed by atoms with Gasteiger partial charge in [0.1, 0.15) is 0 Å². The molecule has 2 saturated heterocycles. The number of carbonyl (C=O) groups excluding carboxylic acids is 1. The van der Waals surface area contributed by atoms with Crippen molar-refractivity contribution in [1.29, 1.82) is 0 Å². The Labute approximate surface area is 85.5 Å². The zero-order chi connectivity index (χ0) is 10.1. The second kappa shape index (κ2) is 3.77. The van der Waals surface area contributed by atoms with Crippen LogP contribution >= 0.6 is 0 Å². The van der Waals surface area contributed by atoms with Gasteiger partial charge in [0, 0.05) is 39.8 Å². The lowest BCUT2D eigenvalue weighted by Crippen LogP contribution is -2.54. The van der Waals surface area contributed by atoms with Crippen molar-refractivity contribution in [1.82, 2.24) is 14.7 Å². The number of amides is 2. The smallest absolute Gasteiger partial charge is 0.319 e. The Morgan fingerprint density at radius 3 is 2.79 bits per heavy atom. The van der Waals surface area contributed by atoms with Crippen LogP contribution in [0.1, 0.15) is 12.8 Å². The fourth-order valence-electron chi connectivity index (χ4n) is 2.45. The fourth-order valence-corrected chi connectivity index (χ4v) is 2.45. The van der Waals surface area contributed by atoms with Crippen LogP contribution in [0.2, 0.25) is 0 Å². The maximum atomic E-state index is 11.7. The number of fused-ring (bicyclic) bond motifs is 1. The van der Waals surface area contributed by atoms with E-state index in [4.69, 9.17) is 0 Å². The van der Waals surface area contributed by atoms with E-state index in [9.17, 15) is 4.79 Å². The Morgan fingerprint density at radius 2 is 2.07 bits per heavy atom. The molecule has 2 aliphatic rings. The number of piperazine rings is 1. The lowest BCUT2D eigenvalue weighted by molar-refractivity contribution is 0.104. The predicted octanol–water partition coefficient (Wildman–Crippen LogP) is 0.448. The molecule has 0 aromatic rings. The lowest BCUT2D eigenvalue weighted by Gasteiger charge is -2.38. The molecule has 2 rings (SSSR count). The minimum absolute atomic E-state index is 0.163. The minimum atomic E-state index is 0.163. The molecule has 2 heterocycles. The van der Waals surface area contributed by atoms with E-state index in [1.165, 1.54) is 19.4 Å². The van der Waals surface area contributed by atoms with E-state index in [1.54, 1.807) is 4.90 Å². The third kappa shape index (κ3) is 1.71. The SMILES string of the molecule is CN(C)C(=O)N1CCN2CCCC2C1. The first-order valence-electron chi connectivity index (χ1n) is 5.39. The van der Waals surface area contributed by atoms with Crippen molar-refractivity contribution in [2.24, 2.45) is 0 Å². The molecule has 0 spiro atoms. The first kappa shape index (κ1) is 9.77. The summed E-state index contributed by atoms with van der Waals surface area (Å²) >= 11 is 0. The van der Waals surface area contributed by atoms with Crippen LogP contribution in [0.5, 0.6) is 0 Å². The van der Waals surface area contributed by atoms with Crippen molar-refractivity contribution < 1.29 is 4.79 Å². The van der Waals surface area contributed by atoms with E-state index >= 15 is 0 Å². The van der Waals surface area contributed by atoms with Crippen LogP contribution in [0.25, 0.3) is 0 Å². The molecule has 4 heteroatoms. The van der Waals surface area contributed by atoms with Crippen LogP contribution in [0.3, 0.4) is 0 Å². The van der Waals surface area contributed by atoms with Crippen LogP contribution < -0.4 is 0 Å². The molecular weight excluding hydrogens is 178 g/mol. The van der Waals surface area contributed by atoms with E-state index in [0.717, 1.165) is 19.6 Å². The molecular formula is C10H19N3O. The summed E-state index contributed by atoms with van der Waals surface area (Å²) in [5.41, 5.74) is 0. The van der Waals surface area contributed by atoms with Gasteiger partial charge in [0.2, 0.25) is 0 Å². The Bertz CT molecular complexity index is 229. The zero-order valence-corrected chi connectivity index (χ0v) is 9.07. The van der Waals surface area contributed by atoms with Crippen molar-refractivity contribution in [2.75, 3.05) is 40.3 Å². The molecule has 2 fully saturated rings. The normalized spacial score (nSPS) is 27.6. The van der Waals surface area contributed by atoms with Gasteiger partial charge in [0.05, 0.1) is 0 Å². The number of rotatable bonds is 0. The monoisotopic (exact) mass is 197 g/mol. The third-order valence-corrected chi connectivity index (χ3v) is 3.24. The Balaban J connectivity index is 1.94. The minimum Gasteiger partial charge on any atom is -0.331 e. The first-order valence-corrected chi connectivity index (χ1v) is 5.39. The summed E-state index contributed by atoms with van der Waals surface area (Å²) in [5, 5.41) is 0. The average Bonchev–Trinajstić information content (AvgIpc) is 2.62. The standard InChI is InChI=1S/C10H19N3O/c1-11(2)10(14)13-7-6-12-5-3-4-9(12)8-13/h9H,3-8H2,1-2H3. The maximum absolute atomic E-state index is 11.7. The average molecular weight is 197 g/mol. The second-order valence-electron chi connectivity index (χ2n) is 4.46. The highest BCUT2D eigenvalue weighted by atomic mass is 16.2. The summed E-state index contributed by atoms with van der Waals surface area (Å²) in [4.78, 5) is 17.9. The fraction of sp³-hybridized carbons (Fsp3) is 0.900. The molecule has 0 aromatic heterocycles. The molecule has 4 nitrogen and oxygen atoms in total. The number of urea groups is 1. The van der Waals surface area contributed by atoms with Gasteiger partial charge < -0.3 is 9.80 Å². The maximum Gasteiger partial charge on any atom is 0.319 e.